The van der Waals surface area contributed by atoms with Crippen LogP contribution in [0.4, 0.5) is 10.5 Å². The van der Waals surface area contributed by atoms with Gasteiger partial charge in [0, 0.05) is 42.5 Å². The number of aromatic nitrogens is 3. The number of hydrogen-bond acceptors (Lipinski definition) is 4. The first-order valence-electron chi connectivity index (χ1n) is 9.66. The van der Waals surface area contributed by atoms with Crippen LogP contribution in [0.15, 0.2) is 61.2 Å². The summed E-state index contributed by atoms with van der Waals surface area (Å²) < 4.78 is 1.64. The number of nitrogens with one attached hydrogen (secondary N) is 1. The highest BCUT2D eigenvalue weighted by Gasteiger charge is 2.23. The van der Waals surface area contributed by atoms with Gasteiger partial charge in [0.25, 0.3) is 5.91 Å². The fraction of sp³-hybridized carbons (Fsp3) is 0.238. The number of nitrogens with zero attached hydrogens (tertiary/aromatic N) is 5. The molecular formula is C21H21ClN6O2. The summed E-state index contributed by atoms with van der Waals surface area (Å²) in [7, 11) is 0. The van der Waals surface area contributed by atoms with Crippen molar-refractivity contribution in [3.05, 3.63) is 71.8 Å². The van der Waals surface area contributed by atoms with Gasteiger partial charge in [-0.2, -0.15) is 5.10 Å². The van der Waals surface area contributed by atoms with Crippen LogP contribution in [0.25, 0.3) is 5.69 Å². The van der Waals surface area contributed by atoms with E-state index in [1.54, 1.807) is 57.2 Å². The first-order chi connectivity index (χ1) is 14.6. The van der Waals surface area contributed by atoms with Crippen molar-refractivity contribution in [1.29, 1.82) is 0 Å². The minimum Gasteiger partial charge on any atom is -0.337 e. The molecule has 0 saturated carbocycles. The Bertz CT molecular complexity index is 1000. The van der Waals surface area contributed by atoms with E-state index in [1.165, 1.54) is 6.33 Å². The number of halogens is 1. The minimum atomic E-state index is -0.177. The van der Waals surface area contributed by atoms with Crippen molar-refractivity contribution in [1.82, 2.24) is 24.6 Å². The van der Waals surface area contributed by atoms with Crippen molar-refractivity contribution >= 4 is 29.2 Å². The molecule has 30 heavy (non-hydrogen) atoms. The lowest BCUT2D eigenvalue weighted by Crippen LogP contribution is -2.39. The van der Waals surface area contributed by atoms with Crippen LogP contribution in [0, 0.1) is 0 Å². The van der Waals surface area contributed by atoms with Crippen molar-refractivity contribution in [2.45, 2.75) is 6.42 Å². The maximum absolute atomic E-state index is 12.9. The van der Waals surface area contributed by atoms with Gasteiger partial charge >= 0.3 is 6.03 Å². The van der Waals surface area contributed by atoms with Crippen molar-refractivity contribution in [2.24, 2.45) is 0 Å². The van der Waals surface area contributed by atoms with E-state index in [4.69, 9.17) is 11.6 Å². The molecule has 0 radical (unpaired) electrons. The van der Waals surface area contributed by atoms with Crippen molar-refractivity contribution in [3.63, 3.8) is 0 Å². The number of urea groups is 1. The first-order valence-corrected chi connectivity index (χ1v) is 10.0. The molecule has 8 nitrogen and oxygen atoms in total. The molecule has 0 spiro atoms. The highest BCUT2D eigenvalue weighted by molar-refractivity contribution is 6.30. The summed E-state index contributed by atoms with van der Waals surface area (Å²) in [6, 6.07) is 14.1. The Morgan fingerprint density at radius 3 is 2.30 bits per heavy atom. The summed E-state index contributed by atoms with van der Waals surface area (Å²) >= 11 is 5.88. The molecule has 3 amide bonds. The lowest BCUT2D eigenvalue weighted by molar-refractivity contribution is 0.0762. The van der Waals surface area contributed by atoms with E-state index < -0.39 is 0 Å². The summed E-state index contributed by atoms with van der Waals surface area (Å²) in [6.45, 7) is 2.16. The molecule has 2 heterocycles. The molecule has 1 N–H and O–H groups in total. The van der Waals surface area contributed by atoms with E-state index in [-0.39, 0.29) is 11.9 Å². The molecule has 154 valence electrons. The Kier molecular flexibility index (Phi) is 5.94. The van der Waals surface area contributed by atoms with Gasteiger partial charge in [0.2, 0.25) is 0 Å². The molecule has 2 aromatic carbocycles. The van der Waals surface area contributed by atoms with Gasteiger partial charge in [0.1, 0.15) is 12.7 Å². The molecule has 9 heteroatoms. The number of carbonyl (C=O) groups excluding carboxylic acids is 2. The van der Waals surface area contributed by atoms with Crippen LogP contribution in [0.5, 0.6) is 0 Å². The second-order valence-electron chi connectivity index (χ2n) is 6.96. The van der Waals surface area contributed by atoms with Gasteiger partial charge < -0.3 is 15.1 Å². The molecule has 0 aliphatic carbocycles. The molecule has 0 atom stereocenters. The number of benzene rings is 2. The van der Waals surface area contributed by atoms with Gasteiger partial charge in [0.05, 0.1) is 5.69 Å². The lowest BCUT2D eigenvalue weighted by atomic mass is 10.1. The zero-order valence-corrected chi connectivity index (χ0v) is 17.0. The Morgan fingerprint density at radius 1 is 0.900 bits per heavy atom. The van der Waals surface area contributed by atoms with Gasteiger partial charge in [-0.05, 0) is 55.0 Å². The Balaban J connectivity index is 1.35. The number of hydrogen-bond donors (Lipinski definition) is 1. The van der Waals surface area contributed by atoms with Crippen LogP contribution >= 0.6 is 11.6 Å². The van der Waals surface area contributed by atoms with Gasteiger partial charge in [-0.3, -0.25) is 4.79 Å². The van der Waals surface area contributed by atoms with Gasteiger partial charge in [-0.1, -0.05) is 11.6 Å². The van der Waals surface area contributed by atoms with Crippen LogP contribution in [-0.2, 0) is 0 Å². The van der Waals surface area contributed by atoms with Crippen LogP contribution in [0.3, 0.4) is 0 Å². The maximum atomic E-state index is 12.9. The average molecular weight is 425 g/mol. The summed E-state index contributed by atoms with van der Waals surface area (Å²) in [4.78, 5) is 32.9. The first kappa shape index (κ1) is 19.9. The van der Waals surface area contributed by atoms with Crippen LogP contribution in [0.2, 0.25) is 5.02 Å². The fourth-order valence-electron chi connectivity index (χ4n) is 3.34. The highest BCUT2D eigenvalue weighted by atomic mass is 35.5. The third-order valence-corrected chi connectivity index (χ3v) is 5.22. The average Bonchev–Trinajstić information content (AvgIpc) is 3.19. The van der Waals surface area contributed by atoms with Gasteiger partial charge in [-0.15, -0.1) is 0 Å². The monoisotopic (exact) mass is 424 g/mol. The number of carbonyl (C=O) groups is 2. The minimum absolute atomic E-state index is 0.0416. The molecule has 1 aliphatic heterocycles. The second kappa shape index (κ2) is 8.96. The van der Waals surface area contributed by atoms with E-state index in [0.29, 0.717) is 42.5 Å². The summed E-state index contributed by atoms with van der Waals surface area (Å²) in [5.74, 6) is -0.0416. The van der Waals surface area contributed by atoms with E-state index >= 15 is 0 Å². The Morgan fingerprint density at radius 2 is 1.60 bits per heavy atom. The van der Waals surface area contributed by atoms with Crippen molar-refractivity contribution in [2.75, 3.05) is 31.5 Å². The van der Waals surface area contributed by atoms with E-state index in [9.17, 15) is 9.59 Å². The quantitative estimate of drug-likeness (QED) is 0.699. The van der Waals surface area contributed by atoms with Gasteiger partial charge in [-0.25, -0.2) is 14.5 Å². The smallest absolute Gasteiger partial charge is 0.321 e. The van der Waals surface area contributed by atoms with Gasteiger partial charge in [0.15, 0.2) is 0 Å². The van der Waals surface area contributed by atoms with E-state index in [0.717, 1.165) is 12.1 Å². The number of amides is 3. The van der Waals surface area contributed by atoms with Crippen LogP contribution < -0.4 is 5.32 Å². The van der Waals surface area contributed by atoms with Crippen LogP contribution in [0.1, 0.15) is 16.8 Å². The molecule has 1 fully saturated rings. The largest absolute Gasteiger partial charge is 0.337 e. The molecule has 0 unspecified atom stereocenters. The summed E-state index contributed by atoms with van der Waals surface area (Å²) in [5, 5.41) is 7.57. The highest BCUT2D eigenvalue weighted by Crippen LogP contribution is 2.16. The predicted molar refractivity (Wildman–Crippen MR) is 114 cm³/mol. The maximum Gasteiger partial charge on any atom is 0.321 e. The molecule has 1 aliphatic rings. The predicted octanol–water partition coefficient (Wildman–Crippen LogP) is 3.30. The zero-order valence-electron chi connectivity index (χ0n) is 16.2. The normalized spacial score (nSPS) is 14.3. The molecule has 3 aromatic rings. The Labute approximate surface area is 179 Å². The molecule has 1 aromatic heterocycles. The number of rotatable bonds is 3. The number of anilines is 1. The molecule has 1 saturated heterocycles. The van der Waals surface area contributed by atoms with Crippen molar-refractivity contribution in [3.8, 4) is 5.69 Å². The fourth-order valence-corrected chi connectivity index (χ4v) is 3.47. The van der Waals surface area contributed by atoms with E-state index in [1.807, 2.05) is 12.1 Å². The third kappa shape index (κ3) is 4.60. The standard InChI is InChI=1S/C21H21ClN6O2/c22-17-4-6-18(7-5-17)25-21(30)27-11-1-10-26(12-13-27)20(29)16-2-8-19(9-3-16)28-15-23-14-24-28/h2-9,14-15H,1,10-13H2,(H,25,30). The molecule has 0 bridgehead atoms. The summed E-state index contributed by atoms with van der Waals surface area (Å²) in [5.41, 5.74) is 2.14. The lowest BCUT2D eigenvalue weighted by Gasteiger charge is -2.22. The molecule has 4 rings (SSSR count). The second-order valence-corrected chi connectivity index (χ2v) is 7.39. The zero-order chi connectivity index (χ0) is 20.9. The molecular weight excluding hydrogens is 404 g/mol. The van der Waals surface area contributed by atoms with Crippen LogP contribution in [-0.4, -0.2) is 62.7 Å². The third-order valence-electron chi connectivity index (χ3n) is 4.96. The SMILES string of the molecule is O=C(Nc1ccc(Cl)cc1)N1CCCN(C(=O)c2ccc(-n3cncn3)cc2)CC1. The summed E-state index contributed by atoms with van der Waals surface area (Å²) in [6.07, 6.45) is 3.79. The Hall–Kier alpha value is -3.39. The van der Waals surface area contributed by atoms with Crippen molar-refractivity contribution < 1.29 is 9.59 Å². The van der Waals surface area contributed by atoms with E-state index in [2.05, 4.69) is 15.4 Å². The topological polar surface area (TPSA) is 83.4 Å².